The van der Waals surface area contributed by atoms with Gasteiger partial charge in [0.15, 0.2) is 5.13 Å². The molecular weight excluding hydrogens is 354 g/mol. The average Bonchev–Trinajstić information content (AvgIpc) is 3.35. The second-order valence-corrected chi connectivity index (χ2v) is 8.05. The second-order valence-electron chi connectivity index (χ2n) is 6.51. The topological polar surface area (TPSA) is 71.0 Å². The summed E-state index contributed by atoms with van der Waals surface area (Å²) in [5.41, 5.74) is 3.90. The normalized spacial score (nSPS) is 20.6. The zero-order chi connectivity index (χ0) is 16.8. The van der Waals surface area contributed by atoms with Crippen LogP contribution in [0.25, 0.3) is 11.0 Å². The Bertz CT molecular complexity index is 944. The molecule has 0 unspecified atom stereocenters. The number of benzene rings is 1. The van der Waals surface area contributed by atoms with Crippen molar-refractivity contribution in [1.82, 2.24) is 19.0 Å². The molecule has 0 saturated carbocycles. The number of aromatic nitrogens is 3. The molecule has 2 aliphatic heterocycles. The summed E-state index contributed by atoms with van der Waals surface area (Å²) in [6.07, 6.45) is 2.90. The molecule has 0 radical (unpaired) electrons. The number of thiazole rings is 1. The number of nitrogens with one attached hydrogen (secondary N) is 1. The first-order valence-electron chi connectivity index (χ1n) is 8.52. The summed E-state index contributed by atoms with van der Waals surface area (Å²) in [5, 5.41) is 4.09. The van der Waals surface area contributed by atoms with E-state index in [1.165, 1.54) is 29.4 Å². The van der Waals surface area contributed by atoms with E-state index in [0.717, 1.165) is 40.5 Å². The highest BCUT2D eigenvalue weighted by atomic mass is 32.1. The first-order chi connectivity index (χ1) is 12.3. The molecule has 2 aromatic heterocycles. The van der Waals surface area contributed by atoms with E-state index >= 15 is 0 Å². The van der Waals surface area contributed by atoms with Gasteiger partial charge in [-0.2, -0.15) is 8.75 Å². The van der Waals surface area contributed by atoms with Gasteiger partial charge in [-0.25, -0.2) is 4.98 Å². The van der Waals surface area contributed by atoms with E-state index in [2.05, 4.69) is 25.0 Å². The SMILES string of the molecule is O=C1C[C@H](c2cccc3nsnc23)c2sc(N3CCCC3)nc2CN1. The fourth-order valence-electron chi connectivity index (χ4n) is 3.69. The summed E-state index contributed by atoms with van der Waals surface area (Å²) in [4.78, 5) is 20.7. The van der Waals surface area contributed by atoms with Crippen molar-refractivity contribution >= 4 is 45.1 Å². The van der Waals surface area contributed by atoms with E-state index in [1.807, 2.05) is 12.1 Å². The van der Waals surface area contributed by atoms with Crippen LogP contribution in [0.3, 0.4) is 0 Å². The van der Waals surface area contributed by atoms with Gasteiger partial charge in [0.05, 0.1) is 24.0 Å². The van der Waals surface area contributed by atoms with Gasteiger partial charge in [-0.05, 0) is 24.5 Å². The van der Waals surface area contributed by atoms with Gasteiger partial charge < -0.3 is 10.2 Å². The van der Waals surface area contributed by atoms with Crippen molar-refractivity contribution in [2.45, 2.75) is 31.7 Å². The van der Waals surface area contributed by atoms with Crippen LogP contribution in [0.1, 0.15) is 41.3 Å². The van der Waals surface area contributed by atoms with Gasteiger partial charge in [0.25, 0.3) is 0 Å². The maximum Gasteiger partial charge on any atom is 0.221 e. The molecule has 25 heavy (non-hydrogen) atoms. The van der Waals surface area contributed by atoms with Crippen molar-refractivity contribution in [1.29, 1.82) is 0 Å². The Balaban J connectivity index is 1.63. The van der Waals surface area contributed by atoms with Crippen LogP contribution in [0.4, 0.5) is 5.13 Å². The summed E-state index contributed by atoms with van der Waals surface area (Å²) in [6, 6.07) is 6.05. The summed E-state index contributed by atoms with van der Waals surface area (Å²) in [6.45, 7) is 2.67. The van der Waals surface area contributed by atoms with Crippen LogP contribution in [0.15, 0.2) is 18.2 Å². The van der Waals surface area contributed by atoms with Crippen molar-refractivity contribution in [3.8, 4) is 0 Å². The number of hydrogen-bond donors (Lipinski definition) is 1. The average molecular weight is 371 g/mol. The third-order valence-corrected chi connectivity index (χ3v) is 6.76. The van der Waals surface area contributed by atoms with Crippen LogP contribution < -0.4 is 10.2 Å². The minimum Gasteiger partial charge on any atom is -0.350 e. The number of carbonyl (C=O) groups is 1. The van der Waals surface area contributed by atoms with Gasteiger partial charge in [0.2, 0.25) is 5.91 Å². The molecule has 1 amide bonds. The second kappa shape index (κ2) is 6.03. The van der Waals surface area contributed by atoms with Gasteiger partial charge in [0.1, 0.15) is 11.0 Å². The molecule has 1 atom stereocenters. The lowest BCUT2D eigenvalue weighted by atomic mass is 9.92. The number of anilines is 1. The van der Waals surface area contributed by atoms with E-state index in [0.29, 0.717) is 13.0 Å². The molecule has 3 aromatic rings. The van der Waals surface area contributed by atoms with Gasteiger partial charge in [-0.3, -0.25) is 4.79 Å². The zero-order valence-electron chi connectivity index (χ0n) is 13.6. The molecular formula is C17H17N5OS2. The van der Waals surface area contributed by atoms with Gasteiger partial charge in [-0.15, -0.1) is 11.3 Å². The van der Waals surface area contributed by atoms with E-state index in [-0.39, 0.29) is 11.8 Å². The Morgan fingerprint density at radius 2 is 2.08 bits per heavy atom. The highest BCUT2D eigenvalue weighted by Crippen LogP contribution is 2.41. The molecule has 6 nitrogen and oxygen atoms in total. The predicted molar refractivity (Wildman–Crippen MR) is 99.3 cm³/mol. The Hall–Kier alpha value is -2.06. The number of rotatable bonds is 2. The standard InChI is InChI=1S/C17H17N5OS2/c23-14-8-11(10-4-3-5-12-15(10)21-25-20-12)16-13(9-18-14)19-17(24-16)22-6-1-2-7-22/h3-5,11H,1-2,6-9H2,(H,18,23)/t11-/m1/s1. The lowest BCUT2D eigenvalue weighted by Gasteiger charge is -2.15. The third-order valence-electron chi connectivity index (χ3n) is 4.94. The summed E-state index contributed by atoms with van der Waals surface area (Å²) < 4.78 is 8.83. The highest BCUT2D eigenvalue weighted by molar-refractivity contribution is 7.15. The van der Waals surface area contributed by atoms with Gasteiger partial charge in [-0.1, -0.05) is 12.1 Å². The fraction of sp³-hybridized carbons (Fsp3) is 0.412. The molecule has 1 saturated heterocycles. The van der Waals surface area contributed by atoms with Crippen molar-refractivity contribution in [3.05, 3.63) is 34.3 Å². The lowest BCUT2D eigenvalue weighted by Crippen LogP contribution is -2.22. The molecule has 0 spiro atoms. The molecule has 4 heterocycles. The number of hydrogen-bond acceptors (Lipinski definition) is 7. The summed E-state index contributed by atoms with van der Waals surface area (Å²) in [7, 11) is 0. The molecule has 0 bridgehead atoms. The smallest absolute Gasteiger partial charge is 0.221 e. The maximum absolute atomic E-state index is 12.3. The van der Waals surface area contributed by atoms with Crippen LogP contribution in [0.5, 0.6) is 0 Å². The van der Waals surface area contributed by atoms with Gasteiger partial charge >= 0.3 is 0 Å². The molecule has 1 fully saturated rings. The molecule has 128 valence electrons. The molecule has 5 rings (SSSR count). The van der Waals surface area contributed by atoms with Crippen LogP contribution in [0, 0.1) is 0 Å². The minimum absolute atomic E-state index is 0.000969. The first kappa shape index (κ1) is 15.2. The maximum atomic E-state index is 12.3. The predicted octanol–water partition coefficient (Wildman–Crippen LogP) is 2.90. The quantitative estimate of drug-likeness (QED) is 0.750. The number of nitrogens with zero attached hydrogens (tertiary/aromatic N) is 4. The zero-order valence-corrected chi connectivity index (χ0v) is 15.2. The third kappa shape index (κ3) is 2.60. The highest BCUT2D eigenvalue weighted by Gasteiger charge is 2.31. The van der Waals surface area contributed by atoms with Gasteiger partial charge in [0, 0.05) is 30.3 Å². The fourth-order valence-corrected chi connectivity index (χ4v) is 5.49. The van der Waals surface area contributed by atoms with Crippen molar-refractivity contribution in [2.24, 2.45) is 0 Å². The number of fused-ring (bicyclic) bond motifs is 2. The lowest BCUT2D eigenvalue weighted by molar-refractivity contribution is -0.121. The molecule has 8 heteroatoms. The largest absolute Gasteiger partial charge is 0.350 e. The van der Waals surface area contributed by atoms with Crippen molar-refractivity contribution < 1.29 is 4.79 Å². The van der Waals surface area contributed by atoms with Crippen LogP contribution in [-0.4, -0.2) is 32.7 Å². The number of carbonyl (C=O) groups excluding carboxylic acids is 1. The summed E-state index contributed by atoms with van der Waals surface area (Å²) in [5.74, 6) is 0.0667. The van der Waals surface area contributed by atoms with Crippen molar-refractivity contribution in [2.75, 3.05) is 18.0 Å². The number of amides is 1. The van der Waals surface area contributed by atoms with E-state index < -0.39 is 0 Å². The van der Waals surface area contributed by atoms with Crippen LogP contribution >= 0.6 is 23.1 Å². The Labute approximate surface area is 153 Å². The van der Waals surface area contributed by atoms with Crippen molar-refractivity contribution in [3.63, 3.8) is 0 Å². The minimum atomic E-state index is -0.000969. The summed E-state index contributed by atoms with van der Waals surface area (Å²) >= 11 is 2.96. The molecule has 1 aromatic carbocycles. The Morgan fingerprint density at radius 3 is 2.96 bits per heavy atom. The Kier molecular flexibility index (Phi) is 3.67. The first-order valence-corrected chi connectivity index (χ1v) is 10.1. The van der Waals surface area contributed by atoms with Crippen LogP contribution in [0.2, 0.25) is 0 Å². The Morgan fingerprint density at radius 1 is 1.20 bits per heavy atom. The molecule has 0 aliphatic carbocycles. The van der Waals surface area contributed by atoms with E-state index in [4.69, 9.17) is 4.98 Å². The van der Waals surface area contributed by atoms with Crippen LogP contribution in [-0.2, 0) is 11.3 Å². The molecule has 1 N–H and O–H groups in total. The van der Waals surface area contributed by atoms with E-state index in [1.54, 1.807) is 11.3 Å². The monoisotopic (exact) mass is 371 g/mol. The molecule has 2 aliphatic rings. The van der Waals surface area contributed by atoms with E-state index in [9.17, 15) is 4.79 Å².